The number of aromatic nitrogens is 1. The van der Waals surface area contributed by atoms with Crippen LogP contribution >= 0.6 is 0 Å². The van der Waals surface area contributed by atoms with Crippen molar-refractivity contribution in [1.29, 1.82) is 0 Å². The van der Waals surface area contributed by atoms with E-state index < -0.39 is 0 Å². The lowest BCUT2D eigenvalue weighted by molar-refractivity contribution is 0.516. The highest BCUT2D eigenvalue weighted by Crippen LogP contribution is 2.38. The summed E-state index contributed by atoms with van der Waals surface area (Å²) < 4.78 is 0. The van der Waals surface area contributed by atoms with Crippen molar-refractivity contribution in [3.05, 3.63) is 84.9 Å². The van der Waals surface area contributed by atoms with E-state index in [0.29, 0.717) is 0 Å². The van der Waals surface area contributed by atoms with Crippen molar-refractivity contribution >= 4 is 27.9 Å². The van der Waals surface area contributed by atoms with Crippen LogP contribution in [0.15, 0.2) is 67.2 Å². The second-order valence-electron chi connectivity index (χ2n) is 6.38. The van der Waals surface area contributed by atoms with E-state index in [1.165, 1.54) is 21.9 Å². The van der Waals surface area contributed by atoms with Crippen LogP contribution in [0.2, 0.25) is 0 Å². The molecule has 0 saturated heterocycles. The van der Waals surface area contributed by atoms with Gasteiger partial charge in [-0.3, -0.25) is 4.90 Å². The predicted octanol–water partition coefficient (Wildman–Crippen LogP) is 5.58. The summed E-state index contributed by atoms with van der Waals surface area (Å²) in [4.78, 5) is 5.49. The van der Waals surface area contributed by atoms with Gasteiger partial charge >= 0.3 is 0 Å². The van der Waals surface area contributed by atoms with E-state index in [-0.39, 0.29) is 0 Å². The van der Waals surface area contributed by atoms with Crippen LogP contribution in [0.5, 0.6) is 0 Å². The summed E-state index contributed by atoms with van der Waals surface area (Å²) in [6, 6.07) is 21.1. The van der Waals surface area contributed by atoms with E-state index >= 15 is 0 Å². The van der Waals surface area contributed by atoms with Crippen molar-refractivity contribution in [2.75, 3.05) is 14.1 Å². The van der Waals surface area contributed by atoms with Crippen LogP contribution in [-0.4, -0.2) is 24.0 Å². The molecule has 2 nitrogen and oxygen atoms in total. The summed E-state index contributed by atoms with van der Waals surface area (Å²) in [5.74, 6) is 0. The maximum atomic E-state index is 4.02. The normalized spacial score (nSPS) is 11.5. The number of benzene rings is 3. The summed E-state index contributed by atoms with van der Waals surface area (Å²) in [5.41, 5.74) is 6.86. The Morgan fingerprint density at radius 3 is 2.48 bits per heavy atom. The molecule has 1 heterocycles. The molecule has 25 heavy (non-hydrogen) atoms. The average molecular weight is 324 g/mol. The first-order valence-electron chi connectivity index (χ1n) is 8.38. The molecule has 0 fully saturated rings. The molecule has 0 amide bonds. The van der Waals surface area contributed by atoms with Gasteiger partial charge in [0.05, 0.1) is 6.54 Å². The maximum absolute atomic E-state index is 4.02. The SMILES string of the molecule is C=Cc1cccc([C]N(C)C)c1-c1cccc2[nH]c3ccccc3c12. The summed E-state index contributed by atoms with van der Waals surface area (Å²) in [7, 11) is 3.99. The smallest absolute Gasteiger partial charge is 0.0964 e. The Labute approximate surface area is 148 Å². The molecule has 2 heteroatoms. The monoisotopic (exact) mass is 324 g/mol. The molecule has 0 spiro atoms. The standard InChI is InChI=1S/C23H20N2/c1-4-16-9-7-10-17(15-25(2)3)22(16)19-12-8-14-21-23(19)18-11-5-6-13-20(18)24-21/h4-14,24H,1H2,2-3H3. The van der Waals surface area contributed by atoms with E-state index in [4.69, 9.17) is 0 Å². The molecular formula is C23H20N2. The molecule has 0 unspecified atom stereocenters. The van der Waals surface area contributed by atoms with Crippen LogP contribution in [0.1, 0.15) is 11.1 Å². The molecule has 1 aromatic heterocycles. The van der Waals surface area contributed by atoms with Crippen molar-refractivity contribution in [2.45, 2.75) is 0 Å². The fourth-order valence-corrected chi connectivity index (χ4v) is 3.49. The predicted molar refractivity (Wildman–Crippen MR) is 107 cm³/mol. The number of H-pyrrole nitrogens is 1. The molecule has 0 atom stereocenters. The molecular weight excluding hydrogens is 304 g/mol. The Balaban J connectivity index is 2.10. The lowest BCUT2D eigenvalue weighted by Crippen LogP contribution is -2.09. The Hall–Kier alpha value is -2.84. The number of nitrogens with zero attached hydrogens (tertiary/aromatic N) is 1. The number of hydrogen-bond acceptors (Lipinski definition) is 1. The topological polar surface area (TPSA) is 19.0 Å². The summed E-state index contributed by atoms with van der Waals surface area (Å²) in [6.45, 7) is 7.45. The van der Waals surface area contributed by atoms with Crippen molar-refractivity contribution < 1.29 is 0 Å². The Bertz CT molecular complexity index is 1070. The highest BCUT2D eigenvalue weighted by molar-refractivity contribution is 6.15. The molecule has 122 valence electrons. The van der Waals surface area contributed by atoms with E-state index in [1.807, 2.05) is 25.1 Å². The molecule has 0 aliphatic rings. The third kappa shape index (κ3) is 2.65. The second-order valence-corrected chi connectivity index (χ2v) is 6.38. The number of fused-ring (bicyclic) bond motifs is 3. The Kier molecular flexibility index (Phi) is 3.90. The highest BCUT2D eigenvalue weighted by Gasteiger charge is 2.16. The first-order valence-corrected chi connectivity index (χ1v) is 8.38. The number of para-hydroxylation sites is 1. The third-order valence-corrected chi connectivity index (χ3v) is 4.46. The highest BCUT2D eigenvalue weighted by atomic mass is 15.0. The number of aromatic amines is 1. The van der Waals surface area contributed by atoms with E-state index in [0.717, 1.165) is 22.2 Å². The third-order valence-electron chi connectivity index (χ3n) is 4.46. The summed E-state index contributed by atoms with van der Waals surface area (Å²) in [6.07, 6.45) is 1.92. The van der Waals surface area contributed by atoms with Crippen LogP contribution in [0.4, 0.5) is 0 Å². The minimum atomic E-state index is 1.07. The number of rotatable bonds is 4. The zero-order valence-electron chi connectivity index (χ0n) is 14.5. The molecule has 0 aliphatic carbocycles. The molecule has 0 bridgehead atoms. The van der Waals surface area contributed by atoms with Crippen LogP contribution in [0.3, 0.4) is 0 Å². The molecule has 3 aromatic carbocycles. The van der Waals surface area contributed by atoms with Crippen molar-refractivity contribution in [2.24, 2.45) is 0 Å². The summed E-state index contributed by atoms with van der Waals surface area (Å²) in [5, 5.41) is 2.48. The van der Waals surface area contributed by atoms with Gasteiger partial charge in [0.1, 0.15) is 0 Å². The van der Waals surface area contributed by atoms with Gasteiger partial charge in [-0.15, -0.1) is 0 Å². The van der Waals surface area contributed by atoms with Crippen LogP contribution < -0.4 is 0 Å². The minimum Gasteiger partial charge on any atom is -0.354 e. The van der Waals surface area contributed by atoms with Gasteiger partial charge in [0.25, 0.3) is 0 Å². The van der Waals surface area contributed by atoms with Gasteiger partial charge in [-0.2, -0.15) is 0 Å². The van der Waals surface area contributed by atoms with Gasteiger partial charge in [-0.05, 0) is 48.5 Å². The summed E-state index contributed by atoms with van der Waals surface area (Å²) >= 11 is 0. The lowest BCUT2D eigenvalue weighted by Gasteiger charge is -2.16. The van der Waals surface area contributed by atoms with Gasteiger partial charge in [0.2, 0.25) is 0 Å². The molecule has 1 N–H and O–H groups in total. The number of hydrogen-bond donors (Lipinski definition) is 1. The molecule has 0 aliphatic heterocycles. The molecule has 4 rings (SSSR count). The average Bonchev–Trinajstić information content (AvgIpc) is 3.00. The lowest BCUT2D eigenvalue weighted by atomic mass is 9.91. The zero-order valence-corrected chi connectivity index (χ0v) is 14.5. The maximum Gasteiger partial charge on any atom is 0.0964 e. The van der Waals surface area contributed by atoms with Crippen LogP contribution in [-0.2, 0) is 0 Å². The van der Waals surface area contributed by atoms with Crippen LogP contribution in [0, 0.1) is 6.54 Å². The Morgan fingerprint density at radius 1 is 0.920 bits per heavy atom. The van der Waals surface area contributed by atoms with Gasteiger partial charge in [0.15, 0.2) is 0 Å². The molecule has 2 radical (unpaired) electrons. The van der Waals surface area contributed by atoms with Gasteiger partial charge in [0, 0.05) is 21.8 Å². The first kappa shape index (κ1) is 15.7. The number of nitrogens with one attached hydrogen (secondary N) is 1. The van der Waals surface area contributed by atoms with Gasteiger partial charge in [-0.25, -0.2) is 0 Å². The molecule has 4 aromatic rings. The van der Waals surface area contributed by atoms with Crippen molar-refractivity contribution in [3.8, 4) is 11.1 Å². The quantitative estimate of drug-likeness (QED) is 0.486. The fourth-order valence-electron chi connectivity index (χ4n) is 3.49. The first-order chi connectivity index (χ1) is 12.2. The minimum absolute atomic E-state index is 1.07. The largest absolute Gasteiger partial charge is 0.354 e. The van der Waals surface area contributed by atoms with Crippen LogP contribution in [0.25, 0.3) is 39.0 Å². The van der Waals surface area contributed by atoms with Crippen molar-refractivity contribution in [1.82, 2.24) is 9.88 Å². The van der Waals surface area contributed by atoms with Gasteiger partial charge < -0.3 is 4.98 Å². The van der Waals surface area contributed by atoms with E-state index in [1.54, 1.807) is 0 Å². The molecule has 0 saturated carbocycles. The second kappa shape index (κ2) is 6.23. The fraction of sp³-hybridized carbons (Fsp3) is 0.0870. The van der Waals surface area contributed by atoms with E-state index in [9.17, 15) is 0 Å². The van der Waals surface area contributed by atoms with Gasteiger partial charge in [-0.1, -0.05) is 61.2 Å². The zero-order chi connectivity index (χ0) is 17.4. The van der Waals surface area contributed by atoms with E-state index in [2.05, 4.69) is 78.8 Å². The van der Waals surface area contributed by atoms with Crippen molar-refractivity contribution in [3.63, 3.8) is 0 Å². The Morgan fingerprint density at radius 2 is 1.68 bits per heavy atom.